The first-order chi connectivity index (χ1) is 12.3. The van der Waals surface area contributed by atoms with Crippen molar-refractivity contribution in [3.8, 4) is 0 Å². The predicted molar refractivity (Wildman–Crippen MR) is 112 cm³/mol. The van der Waals surface area contributed by atoms with E-state index in [0.717, 1.165) is 31.7 Å². The van der Waals surface area contributed by atoms with Gasteiger partial charge in [0.15, 0.2) is 0 Å². The molecule has 0 aromatic carbocycles. The Morgan fingerprint density at radius 1 is 1.11 bits per heavy atom. The zero-order valence-electron chi connectivity index (χ0n) is 18.6. The number of likely N-dealkylation sites (N-methyl/N-ethyl adjacent to an activating group) is 1. The van der Waals surface area contributed by atoms with Crippen LogP contribution >= 0.6 is 0 Å². The van der Waals surface area contributed by atoms with Gasteiger partial charge in [-0.15, -0.1) is 0 Å². The fourth-order valence-corrected chi connectivity index (χ4v) is 4.01. The lowest BCUT2D eigenvalue weighted by molar-refractivity contribution is 0.00358. The van der Waals surface area contributed by atoms with Crippen molar-refractivity contribution >= 4 is 20.3 Å². The van der Waals surface area contributed by atoms with Gasteiger partial charge in [0.1, 0.15) is 5.60 Å². The van der Waals surface area contributed by atoms with Crippen LogP contribution in [0.2, 0.25) is 25.7 Å². The molecule has 1 unspecified atom stereocenters. The minimum absolute atomic E-state index is 0.127. The summed E-state index contributed by atoms with van der Waals surface area (Å²) in [5.41, 5.74) is -0.532. The fourth-order valence-electron chi connectivity index (χ4n) is 3.30. The van der Waals surface area contributed by atoms with Gasteiger partial charge in [0.2, 0.25) is 0 Å². The van der Waals surface area contributed by atoms with Crippen LogP contribution in [0.1, 0.15) is 53.4 Å². The maximum absolute atomic E-state index is 12.8. The highest BCUT2D eigenvalue weighted by Gasteiger charge is 2.34. The second kappa shape index (κ2) is 9.80. The Balaban J connectivity index is 2.67. The third-order valence-electron chi connectivity index (χ3n) is 4.72. The van der Waals surface area contributed by atoms with Gasteiger partial charge in [-0.05, 0) is 46.6 Å². The average molecular weight is 401 g/mol. The van der Waals surface area contributed by atoms with Crippen LogP contribution in [-0.2, 0) is 9.47 Å². The molecule has 0 heterocycles. The van der Waals surface area contributed by atoms with E-state index in [1.165, 1.54) is 0 Å². The summed E-state index contributed by atoms with van der Waals surface area (Å²) in [5.74, 6) is 0. The van der Waals surface area contributed by atoms with Crippen LogP contribution in [-0.4, -0.2) is 67.9 Å². The van der Waals surface area contributed by atoms with Gasteiger partial charge in [-0.2, -0.15) is 0 Å². The molecule has 1 fully saturated rings. The summed E-state index contributed by atoms with van der Waals surface area (Å²) >= 11 is 0. The van der Waals surface area contributed by atoms with Crippen molar-refractivity contribution < 1.29 is 19.1 Å². The van der Waals surface area contributed by atoms with Crippen molar-refractivity contribution in [3.63, 3.8) is 0 Å². The first kappa shape index (κ1) is 23.8. The zero-order chi connectivity index (χ0) is 20.8. The van der Waals surface area contributed by atoms with Crippen molar-refractivity contribution in [3.05, 3.63) is 0 Å². The quantitative estimate of drug-likeness (QED) is 0.567. The summed E-state index contributed by atoms with van der Waals surface area (Å²) in [4.78, 5) is 28.5. The summed E-state index contributed by atoms with van der Waals surface area (Å²) in [7, 11) is 0.502. The molecular weight excluding hydrogens is 360 g/mol. The van der Waals surface area contributed by atoms with Crippen molar-refractivity contribution in [2.45, 2.75) is 96.7 Å². The number of ether oxygens (including phenoxy) is 2. The summed E-state index contributed by atoms with van der Waals surface area (Å²) in [6, 6.07) is 1.01. The minimum atomic E-state index is -1.23. The monoisotopic (exact) mass is 400 g/mol. The first-order valence-electron chi connectivity index (χ1n) is 10.2. The number of hydrogen-bond donors (Lipinski definition) is 0. The molecule has 0 bridgehead atoms. The second-order valence-electron chi connectivity index (χ2n) is 9.98. The lowest BCUT2D eigenvalue weighted by atomic mass is 10.1. The number of carbonyl (C=O) groups is 2. The maximum Gasteiger partial charge on any atom is 0.410 e. The Hall–Kier alpha value is -1.24. The van der Waals surface area contributed by atoms with Gasteiger partial charge in [-0.3, -0.25) is 0 Å². The van der Waals surface area contributed by atoms with Crippen molar-refractivity contribution in [1.29, 1.82) is 0 Å². The lowest BCUT2D eigenvalue weighted by Crippen LogP contribution is -2.51. The van der Waals surface area contributed by atoms with Crippen LogP contribution in [0, 0.1) is 0 Å². The molecule has 0 aromatic rings. The molecule has 7 heteroatoms. The molecule has 0 radical (unpaired) electrons. The van der Waals surface area contributed by atoms with Gasteiger partial charge >= 0.3 is 12.2 Å². The number of amides is 2. The third kappa shape index (κ3) is 8.99. The van der Waals surface area contributed by atoms with Gasteiger partial charge in [0.05, 0.1) is 12.6 Å². The van der Waals surface area contributed by atoms with Crippen molar-refractivity contribution in [2.24, 2.45) is 0 Å². The third-order valence-corrected chi connectivity index (χ3v) is 6.43. The Morgan fingerprint density at radius 2 is 1.67 bits per heavy atom. The van der Waals surface area contributed by atoms with Crippen LogP contribution in [0.25, 0.3) is 0 Å². The van der Waals surface area contributed by atoms with E-state index >= 15 is 0 Å². The molecule has 1 aliphatic carbocycles. The molecule has 6 nitrogen and oxygen atoms in total. The molecule has 0 aliphatic heterocycles. The number of nitrogens with zero attached hydrogens (tertiary/aromatic N) is 2. The average Bonchev–Trinajstić information content (AvgIpc) is 2.97. The van der Waals surface area contributed by atoms with Crippen LogP contribution < -0.4 is 0 Å². The second-order valence-corrected chi connectivity index (χ2v) is 15.6. The summed E-state index contributed by atoms with van der Waals surface area (Å²) in [5, 5.41) is 0. The van der Waals surface area contributed by atoms with Crippen molar-refractivity contribution in [1.82, 2.24) is 9.80 Å². The van der Waals surface area contributed by atoms with Gasteiger partial charge < -0.3 is 19.3 Å². The van der Waals surface area contributed by atoms with E-state index in [1.807, 2.05) is 32.6 Å². The Morgan fingerprint density at radius 3 is 2.15 bits per heavy atom. The molecular formula is C20H40N2O4Si. The van der Waals surface area contributed by atoms with Crippen LogP contribution in [0.3, 0.4) is 0 Å². The van der Waals surface area contributed by atoms with E-state index < -0.39 is 13.7 Å². The van der Waals surface area contributed by atoms with Crippen LogP contribution in [0.4, 0.5) is 9.59 Å². The van der Waals surface area contributed by atoms with Gasteiger partial charge in [0.25, 0.3) is 0 Å². The molecule has 0 N–H and O–H groups in total. The van der Waals surface area contributed by atoms with Gasteiger partial charge in [-0.25, -0.2) is 9.59 Å². The summed E-state index contributed by atoms with van der Waals surface area (Å²) < 4.78 is 11.0. The SMILES string of the molecule is CC(CN(C)C(=O)OCC[Si](C)(C)C)N(C(=O)OC(C)(C)C)C1CCCC1. The highest BCUT2D eigenvalue weighted by Crippen LogP contribution is 2.27. The zero-order valence-corrected chi connectivity index (χ0v) is 19.6. The van der Waals surface area contributed by atoms with E-state index in [-0.39, 0.29) is 24.3 Å². The normalized spacial score (nSPS) is 16.7. The molecule has 0 spiro atoms. The Kier molecular flexibility index (Phi) is 8.64. The summed E-state index contributed by atoms with van der Waals surface area (Å²) in [6.45, 7) is 15.3. The minimum Gasteiger partial charge on any atom is -0.450 e. The lowest BCUT2D eigenvalue weighted by Gasteiger charge is -2.37. The molecule has 2 amide bonds. The highest BCUT2D eigenvalue weighted by atomic mass is 28.3. The highest BCUT2D eigenvalue weighted by molar-refractivity contribution is 6.76. The first-order valence-corrected chi connectivity index (χ1v) is 13.9. The van der Waals surface area contributed by atoms with Gasteiger partial charge in [0, 0.05) is 27.7 Å². The maximum atomic E-state index is 12.8. The molecule has 1 rings (SSSR count). The molecule has 158 valence electrons. The van der Waals surface area contributed by atoms with E-state index in [4.69, 9.17) is 9.47 Å². The Bertz CT molecular complexity index is 493. The standard InChI is InChI=1S/C20H40N2O4Si/c1-16(15-21(5)18(23)25-13-14-27(6,7)8)22(17-11-9-10-12-17)19(24)26-20(2,3)4/h16-17H,9-15H2,1-8H3. The van der Waals surface area contributed by atoms with Crippen molar-refractivity contribution in [2.75, 3.05) is 20.2 Å². The molecule has 27 heavy (non-hydrogen) atoms. The predicted octanol–water partition coefficient (Wildman–Crippen LogP) is 4.96. The van der Waals surface area contributed by atoms with Crippen LogP contribution in [0.5, 0.6) is 0 Å². The largest absolute Gasteiger partial charge is 0.450 e. The summed E-state index contributed by atoms with van der Waals surface area (Å²) in [6.07, 6.45) is 3.64. The number of rotatable bonds is 7. The number of hydrogen-bond acceptors (Lipinski definition) is 4. The smallest absolute Gasteiger partial charge is 0.410 e. The van der Waals surface area contributed by atoms with E-state index in [0.29, 0.717) is 13.2 Å². The topological polar surface area (TPSA) is 59.1 Å². The molecule has 1 saturated carbocycles. The van der Waals surface area contributed by atoms with E-state index in [1.54, 1.807) is 11.9 Å². The van der Waals surface area contributed by atoms with Gasteiger partial charge in [-0.1, -0.05) is 32.5 Å². The molecule has 0 saturated heterocycles. The molecule has 0 aromatic heterocycles. The molecule has 1 atom stereocenters. The van der Waals surface area contributed by atoms with E-state index in [9.17, 15) is 9.59 Å². The molecule has 1 aliphatic rings. The fraction of sp³-hybridized carbons (Fsp3) is 0.900. The number of carbonyl (C=O) groups excluding carboxylic acids is 2. The van der Waals surface area contributed by atoms with Crippen LogP contribution in [0.15, 0.2) is 0 Å². The van der Waals surface area contributed by atoms with E-state index in [2.05, 4.69) is 19.6 Å². The Labute approximate surface area is 166 Å².